The van der Waals surface area contributed by atoms with E-state index in [-0.39, 0.29) is 28.5 Å². The fraction of sp³-hybridized carbons (Fsp3) is 0.564. The second kappa shape index (κ2) is 15.3. The van der Waals surface area contributed by atoms with E-state index >= 15 is 0 Å². The summed E-state index contributed by atoms with van der Waals surface area (Å²) in [6.45, 7) is 25.9. The largest absolute Gasteiger partial charge is 0.471 e. The van der Waals surface area contributed by atoms with Crippen molar-refractivity contribution in [3.8, 4) is 5.88 Å². The van der Waals surface area contributed by atoms with E-state index in [1.165, 1.54) is 18.4 Å². The molecule has 3 heterocycles. The van der Waals surface area contributed by atoms with Gasteiger partial charge >= 0.3 is 0 Å². The number of hydrogen-bond acceptors (Lipinski definition) is 8. The van der Waals surface area contributed by atoms with E-state index < -0.39 is 16.6 Å². The van der Waals surface area contributed by atoms with Gasteiger partial charge in [0.2, 0.25) is 11.8 Å². The zero-order valence-corrected chi connectivity index (χ0v) is 34.2. The number of unbranched alkanes of at least 4 members (excludes halogenated alkanes) is 1. The summed E-state index contributed by atoms with van der Waals surface area (Å²) in [5, 5.41) is 3.57. The molecule has 0 spiro atoms. The number of ether oxygens (including phenoxy) is 2. The van der Waals surface area contributed by atoms with E-state index in [1.807, 2.05) is 34.9 Å². The third-order valence-corrected chi connectivity index (χ3v) is 19.8. The van der Waals surface area contributed by atoms with E-state index in [1.54, 1.807) is 6.33 Å². The molecule has 11 heteroatoms. The average molecular weight is 718 g/mol. The van der Waals surface area contributed by atoms with E-state index in [0.29, 0.717) is 42.6 Å². The molecule has 0 unspecified atom stereocenters. The summed E-state index contributed by atoms with van der Waals surface area (Å²) in [5.41, 5.74) is 4.51. The Morgan fingerprint density at radius 3 is 2.20 bits per heavy atom. The Morgan fingerprint density at radius 2 is 1.56 bits per heavy atom. The van der Waals surface area contributed by atoms with Crippen LogP contribution in [0.1, 0.15) is 85.1 Å². The molecular formula is C39H59N5O4Si2. The van der Waals surface area contributed by atoms with Gasteiger partial charge in [-0.15, -0.1) is 0 Å². The van der Waals surface area contributed by atoms with Crippen molar-refractivity contribution in [3.63, 3.8) is 0 Å². The number of imidazole rings is 1. The Labute approximate surface area is 301 Å². The van der Waals surface area contributed by atoms with Crippen LogP contribution < -0.4 is 10.1 Å². The minimum atomic E-state index is -2.11. The van der Waals surface area contributed by atoms with Gasteiger partial charge < -0.3 is 23.6 Å². The van der Waals surface area contributed by atoms with Crippen molar-refractivity contribution in [2.45, 2.75) is 135 Å². The smallest absolute Gasteiger partial charge is 0.247 e. The second-order valence-electron chi connectivity index (χ2n) is 16.7. The van der Waals surface area contributed by atoms with Crippen molar-refractivity contribution < 1.29 is 18.3 Å². The van der Waals surface area contributed by atoms with Crippen LogP contribution in [0.2, 0.25) is 36.3 Å². The number of nitrogens with zero attached hydrogens (tertiary/aromatic N) is 4. The van der Waals surface area contributed by atoms with Crippen LogP contribution in [0.3, 0.4) is 0 Å². The molecule has 0 saturated carbocycles. The van der Waals surface area contributed by atoms with Crippen LogP contribution in [-0.4, -0.2) is 55.0 Å². The lowest BCUT2D eigenvalue weighted by Crippen LogP contribution is -2.48. The van der Waals surface area contributed by atoms with Crippen molar-refractivity contribution in [2.75, 3.05) is 11.9 Å². The lowest BCUT2D eigenvalue weighted by Gasteiger charge is -2.40. The number of rotatable bonds is 14. The van der Waals surface area contributed by atoms with Gasteiger partial charge in [-0.2, -0.15) is 9.97 Å². The van der Waals surface area contributed by atoms with Crippen LogP contribution in [0, 0.1) is 0 Å². The SMILES string of the molecule is CCCCc1ccc(Nc2nc(OCc3ccccc3)c3ncn([C@H]4C[C@H](O[Si](C)(C)C(C)(C)C)[C@@H](CO[Si](C)(C)C(C)(C)C)O4)c3n2)cc1. The Hall–Kier alpha value is -3.10. The molecule has 9 nitrogen and oxygen atoms in total. The molecule has 1 aliphatic rings. The highest BCUT2D eigenvalue weighted by molar-refractivity contribution is 6.74. The highest BCUT2D eigenvalue weighted by Gasteiger charge is 2.47. The van der Waals surface area contributed by atoms with E-state index in [0.717, 1.165) is 17.7 Å². The summed E-state index contributed by atoms with van der Waals surface area (Å²) in [6.07, 6.45) is 5.19. The molecular weight excluding hydrogens is 659 g/mol. The van der Waals surface area contributed by atoms with Gasteiger partial charge in [0, 0.05) is 12.1 Å². The van der Waals surface area contributed by atoms with Crippen molar-refractivity contribution in [1.29, 1.82) is 0 Å². The second-order valence-corrected chi connectivity index (χ2v) is 26.3. The number of aromatic nitrogens is 4. The summed E-state index contributed by atoms with van der Waals surface area (Å²) in [6, 6.07) is 18.6. The first-order valence-corrected chi connectivity index (χ1v) is 24.0. The van der Waals surface area contributed by atoms with Crippen molar-refractivity contribution in [3.05, 3.63) is 72.1 Å². The maximum atomic E-state index is 7.06. The van der Waals surface area contributed by atoms with Gasteiger partial charge in [-0.3, -0.25) is 4.57 Å². The van der Waals surface area contributed by atoms with Crippen molar-refractivity contribution in [2.24, 2.45) is 0 Å². The van der Waals surface area contributed by atoms with E-state index in [9.17, 15) is 0 Å². The number of benzene rings is 2. The van der Waals surface area contributed by atoms with Crippen LogP contribution in [0.4, 0.5) is 11.6 Å². The molecule has 3 atom stereocenters. The standard InChI is InChI=1S/C39H59N5O4Si2/c1-12-13-17-28-20-22-30(23-21-28)41-37-42-35-34(36(43-37)45-25-29-18-15-14-16-19-29)40-27-44(35)33-24-31(48-50(10,11)39(5,6)7)32(47-33)26-46-49(8,9)38(2,3)4/h14-16,18-23,27,31-33H,12-13,17,24-26H2,1-11H3,(H,41,42,43)/t31-,32+,33+/m0/s1. The normalized spacial score (nSPS) is 18.9. The van der Waals surface area contributed by atoms with Gasteiger partial charge in [-0.1, -0.05) is 97.4 Å². The molecule has 2 aromatic carbocycles. The molecule has 50 heavy (non-hydrogen) atoms. The van der Waals surface area contributed by atoms with Gasteiger partial charge in [0.05, 0.1) is 19.0 Å². The van der Waals surface area contributed by atoms with Gasteiger partial charge in [0.1, 0.15) is 18.9 Å². The first-order chi connectivity index (χ1) is 23.5. The average Bonchev–Trinajstić information content (AvgIpc) is 3.65. The number of fused-ring (bicyclic) bond motifs is 1. The van der Waals surface area contributed by atoms with Crippen LogP contribution >= 0.6 is 0 Å². The lowest BCUT2D eigenvalue weighted by molar-refractivity contribution is -0.0383. The Bertz CT molecular complexity index is 1700. The molecule has 1 fully saturated rings. The predicted octanol–water partition coefficient (Wildman–Crippen LogP) is 10.2. The maximum Gasteiger partial charge on any atom is 0.247 e. The third-order valence-electron chi connectivity index (χ3n) is 10.8. The van der Waals surface area contributed by atoms with Gasteiger partial charge in [-0.25, -0.2) is 4.98 Å². The quantitative estimate of drug-likeness (QED) is 0.129. The third kappa shape index (κ3) is 9.03. The molecule has 0 radical (unpaired) electrons. The molecule has 0 amide bonds. The van der Waals surface area contributed by atoms with Gasteiger partial charge in [0.25, 0.3) is 0 Å². The van der Waals surface area contributed by atoms with Crippen LogP contribution in [-0.2, 0) is 26.6 Å². The first-order valence-electron chi connectivity index (χ1n) is 18.2. The van der Waals surface area contributed by atoms with Crippen LogP contribution in [0.5, 0.6) is 5.88 Å². The molecule has 1 aliphatic heterocycles. The highest BCUT2D eigenvalue weighted by atomic mass is 28.4. The van der Waals surface area contributed by atoms with E-state index in [4.69, 9.17) is 33.3 Å². The number of hydrogen-bond donors (Lipinski definition) is 1. The Balaban J connectivity index is 1.47. The molecule has 2 aromatic heterocycles. The zero-order valence-electron chi connectivity index (χ0n) is 32.2. The fourth-order valence-electron chi connectivity index (χ4n) is 5.46. The summed E-state index contributed by atoms with van der Waals surface area (Å²) >= 11 is 0. The number of nitrogens with one attached hydrogen (secondary N) is 1. The molecule has 272 valence electrons. The van der Waals surface area contributed by atoms with Crippen LogP contribution in [0.15, 0.2) is 60.9 Å². The molecule has 1 saturated heterocycles. The summed E-state index contributed by atoms with van der Waals surface area (Å²) in [7, 11) is -4.13. The van der Waals surface area contributed by atoms with Crippen molar-refractivity contribution in [1.82, 2.24) is 19.5 Å². The fourth-order valence-corrected chi connectivity index (χ4v) is 7.83. The van der Waals surface area contributed by atoms with E-state index in [2.05, 4.69) is 104 Å². The predicted molar refractivity (Wildman–Crippen MR) is 208 cm³/mol. The number of anilines is 2. The topological polar surface area (TPSA) is 92.6 Å². The minimum absolute atomic E-state index is 0.0601. The summed E-state index contributed by atoms with van der Waals surface area (Å²) < 4.78 is 29.0. The summed E-state index contributed by atoms with van der Waals surface area (Å²) in [5.74, 6) is 0.859. The molecule has 0 bridgehead atoms. The van der Waals surface area contributed by atoms with Crippen molar-refractivity contribution >= 4 is 39.4 Å². The first kappa shape index (κ1) is 38.1. The maximum absolute atomic E-state index is 7.06. The summed E-state index contributed by atoms with van der Waals surface area (Å²) in [4.78, 5) is 14.6. The lowest BCUT2D eigenvalue weighted by atomic mass is 10.1. The molecule has 5 rings (SSSR count). The van der Waals surface area contributed by atoms with Gasteiger partial charge in [-0.05, 0) is 72.4 Å². The minimum Gasteiger partial charge on any atom is -0.471 e. The highest BCUT2D eigenvalue weighted by Crippen LogP contribution is 2.43. The Kier molecular flexibility index (Phi) is 11.6. The van der Waals surface area contributed by atoms with Crippen LogP contribution in [0.25, 0.3) is 11.2 Å². The number of aryl methyl sites for hydroxylation is 1. The monoisotopic (exact) mass is 717 g/mol. The zero-order chi connectivity index (χ0) is 36.3. The molecule has 1 N–H and O–H groups in total. The molecule has 4 aromatic rings. The molecule has 0 aliphatic carbocycles. The Morgan fingerprint density at radius 1 is 0.880 bits per heavy atom. The van der Waals surface area contributed by atoms with Gasteiger partial charge in [0.15, 0.2) is 27.8 Å².